The van der Waals surface area contributed by atoms with Crippen LogP contribution in [0.2, 0.25) is 0 Å². The van der Waals surface area contributed by atoms with Gasteiger partial charge in [0.1, 0.15) is 11.4 Å². The molecule has 0 aliphatic heterocycles. The van der Waals surface area contributed by atoms with Crippen LogP contribution in [0.4, 0.5) is 4.39 Å². The average Bonchev–Trinajstić information content (AvgIpc) is 2.29. The number of aliphatic carboxylic acids is 1. The lowest BCUT2D eigenvalue weighted by atomic mass is 9.87. The number of unbranched alkanes of at least 4 members (excludes halogenated alkanes) is 1. The molecule has 0 aliphatic carbocycles. The second-order valence-corrected chi connectivity index (χ2v) is 4.33. The van der Waals surface area contributed by atoms with E-state index >= 15 is 0 Å². The van der Waals surface area contributed by atoms with Gasteiger partial charge >= 0.3 is 5.97 Å². The Morgan fingerprint density at radius 3 is 2.56 bits per heavy atom. The highest BCUT2D eigenvalue weighted by atomic mass is 35.5. The van der Waals surface area contributed by atoms with Gasteiger partial charge in [0.2, 0.25) is 0 Å². The van der Waals surface area contributed by atoms with Crippen LogP contribution in [0, 0.1) is 5.82 Å². The molecule has 5 heteroatoms. The summed E-state index contributed by atoms with van der Waals surface area (Å²) in [4.78, 5) is 11.2. The van der Waals surface area contributed by atoms with Crippen LogP contribution >= 0.6 is 12.4 Å². The summed E-state index contributed by atoms with van der Waals surface area (Å²) >= 11 is 0. The Morgan fingerprint density at radius 1 is 1.44 bits per heavy atom. The minimum absolute atomic E-state index is 0. The molecule has 0 spiro atoms. The van der Waals surface area contributed by atoms with Crippen molar-refractivity contribution in [1.82, 2.24) is 0 Å². The fourth-order valence-corrected chi connectivity index (χ4v) is 1.74. The van der Waals surface area contributed by atoms with E-state index in [0.717, 1.165) is 12.8 Å². The molecule has 0 saturated carbocycles. The van der Waals surface area contributed by atoms with Gasteiger partial charge < -0.3 is 10.8 Å². The highest BCUT2D eigenvalue weighted by Gasteiger charge is 2.34. The van der Waals surface area contributed by atoms with Crippen molar-refractivity contribution in [2.75, 3.05) is 0 Å². The Labute approximate surface area is 113 Å². The van der Waals surface area contributed by atoms with Gasteiger partial charge in [-0.2, -0.15) is 0 Å². The number of hydrogen-bond donors (Lipinski definition) is 2. The Kier molecular flexibility index (Phi) is 6.88. The van der Waals surface area contributed by atoms with E-state index < -0.39 is 17.3 Å². The Bertz CT molecular complexity index is 400. The highest BCUT2D eigenvalue weighted by molar-refractivity contribution is 5.85. The van der Waals surface area contributed by atoms with E-state index in [1.54, 1.807) is 18.2 Å². The van der Waals surface area contributed by atoms with Gasteiger partial charge in [-0.25, -0.2) is 4.39 Å². The molecule has 1 aromatic carbocycles. The number of carboxylic acid groups (broad SMARTS) is 1. The van der Waals surface area contributed by atoms with Crippen molar-refractivity contribution in [1.29, 1.82) is 0 Å². The third-order valence-corrected chi connectivity index (χ3v) is 2.87. The predicted molar refractivity (Wildman–Crippen MR) is 71.4 cm³/mol. The molecule has 0 amide bonds. The van der Waals surface area contributed by atoms with Crippen molar-refractivity contribution in [2.24, 2.45) is 5.73 Å². The van der Waals surface area contributed by atoms with Crippen molar-refractivity contribution in [3.63, 3.8) is 0 Å². The zero-order valence-electron chi connectivity index (χ0n) is 10.4. The van der Waals surface area contributed by atoms with E-state index in [2.05, 4.69) is 0 Å². The molecule has 0 aliphatic rings. The van der Waals surface area contributed by atoms with E-state index in [1.165, 1.54) is 6.07 Å². The van der Waals surface area contributed by atoms with E-state index in [0.29, 0.717) is 12.0 Å². The number of carboxylic acids is 1. The van der Waals surface area contributed by atoms with Gasteiger partial charge in [-0.15, -0.1) is 12.4 Å². The Morgan fingerprint density at radius 2 is 2.06 bits per heavy atom. The molecule has 1 aromatic rings. The van der Waals surface area contributed by atoms with Gasteiger partial charge in [-0.1, -0.05) is 38.0 Å². The molecule has 1 rings (SSSR count). The first-order valence-electron chi connectivity index (χ1n) is 5.75. The summed E-state index contributed by atoms with van der Waals surface area (Å²) in [5.41, 5.74) is 4.84. The summed E-state index contributed by atoms with van der Waals surface area (Å²) in [7, 11) is 0. The molecule has 0 heterocycles. The number of hydrogen-bond acceptors (Lipinski definition) is 2. The van der Waals surface area contributed by atoms with E-state index in [1.807, 2.05) is 6.92 Å². The van der Waals surface area contributed by atoms with Crippen molar-refractivity contribution in [2.45, 2.75) is 38.1 Å². The fourth-order valence-electron chi connectivity index (χ4n) is 1.74. The second-order valence-electron chi connectivity index (χ2n) is 4.33. The molecule has 1 atom stereocenters. The van der Waals surface area contributed by atoms with E-state index in [4.69, 9.17) is 10.8 Å². The molecule has 1 unspecified atom stereocenters. The highest BCUT2D eigenvalue weighted by Crippen LogP contribution is 2.20. The monoisotopic (exact) mass is 275 g/mol. The summed E-state index contributed by atoms with van der Waals surface area (Å²) in [6.07, 6.45) is 1.96. The first-order valence-corrected chi connectivity index (χ1v) is 5.75. The van der Waals surface area contributed by atoms with Crippen LogP contribution in [0.25, 0.3) is 0 Å². The smallest absolute Gasteiger partial charge is 0.324 e. The third-order valence-electron chi connectivity index (χ3n) is 2.87. The molecule has 18 heavy (non-hydrogen) atoms. The lowest BCUT2D eigenvalue weighted by Gasteiger charge is -2.24. The number of carbonyl (C=O) groups is 1. The zero-order chi connectivity index (χ0) is 12.9. The molecule has 3 nitrogen and oxygen atoms in total. The quantitative estimate of drug-likeness (QED) is 0.839. The summed E-state index contributed by atoms with van der Waals surface area (Å²) in [6.45, 7) is 1.96. The molecular weight excluding hydrogens is 257 g/mol. The second kappa shape index (κ2) is 7.34. The molecule has 0 aromatic heterocycles. The maximum atomic E-state index is 13.5. The number of halogens is 2. The molecule has 102 valence electrons. The Hall–Kier alpha value is -1.13. The van der Waals surface area contributed by atoms with Crippen LogP contribution < -0.4 is 5.73 Å². The lowest BCUT2D eigenvalue weighted by molar-refractivity contribution is -0.143. The predicted octanol–water partition coefficient (Wildman–Crippen LogP) is 2.76. The van der Waals surface area contributed by atoms with Crippen LogP contribution in [0.15, 0.2) is 24.3 Å². The van der Waals surface area contributed by atoms with Crippen molar-refractivity contribution < 1.29 is 14.3 Å². The molecule has 0 bridgehead atoms. The van der Waals surface area contributed by atoms with E-state index in [9.17, 15) is 9.18 Å². The normalized spacial score (nSPS) is 13.5. The third kappa shape index (κ3) is 4.27. The summed E-state index contributed by atoms with van der Waals surface area (Å²) < 4.78 is 13.5. The van der Waals surface area contributed by atoms with Gasteiger partial charge in [0.15, 0.2) is 0 Å². The first-order chi connectivity index (χ1) is 7.99. The number of rotatable bonds is 6. The summed E-state index contributed by atoms with van der Waals surface area (Å²) in [5.74, 6) is -1.48. The average molecular weight is 276 g/mol. The van der Waals surface area contributed by atoms with Gasteiger partial charge in [0.05, 0.1) is 0 Å². The molecule has 0 fully saturated rings. The standard InChI is InChI=1S/C13H18FNO2.ClH/c1-2-3-8-13(15,12(16)17)9-10-6-4-5-7-11(10)14;/h4-7H,2-3,8-9,15H2,1H3,(H,16,17);1H. The summed E-state index contributed by atoms with van der Waals surface area (Å²) in [6, 6.07) is 6.15. The number of benzene rings is 1. The zero-order valence-corrected chi connectivity index (χ0v) is 11.2. The topological polar surface area (TPSA) is 63.3 Å². The summed E-state index contributed by atoms with van der Waals surface area (Å²) in [5, 5.41) is 9.16. The minimum Gasteiger partial charge on any atom is -0.480 e. The van der Waals surface area contributed by atoms with Crippen LogP contribution in [0.5, 0.6) is 0 Å². The molecule has 0 saturated heterocycles. The van der Waals surface area contributed by atoms with Gasteiger partial charge in [0.25, 0.3) is 0 Å². The lowest BCUT2D eigenvalue weighted by Crippen LogP contribution is -2.50. The van der Waals surface area contributed by atoms with Crippen molar-refractivity contribution >= 4 is 18.4 Å². The van der Waals surface area contributed by atoms with Crippen LogP contribution in [0.3, 0.4) is 0 Å². The fraction of sp³-hybridized carbons (Fsp3) is 0.462. The largest absolute Gasteiger partial charge is 0.480 e. The van der Waals surface area contributed by atoms with Crippen molar-refractivity contribution in [3.8, 4) is 0 Å². The van der Waals surface area contributed by atoms with Crippen LogP contribution in [-0.4, -0.2) is 16.6 Å². The SMILES string of the molecule is CCCCC(N)(Cc1ccccc1F)C(=O)O.Cl. The maximum Gasteiger partial charge on any atom is 0.324 e. The number of nitrogens with two attached hydrogens (primary N) is 1. The maximum absolute atomic E-state index is 13.5. The molecule has 3 N–H and O–H groups in total. The van der Waals surface area contributed by atoms with Gasteiger partial charge in [0, 0.05) is 6.42 Å². The van der Waals surface area contributed by atoms with Crippen LogP contribution in [0.1, 0.15) is 31.7 Å². The minimum atomic E-state index is -1.38. The van der Waals surface area contributed by atoms with E-state index in [-0.39, 0.29) is 18.8 Å². The Balaban J connectivity index is 0.00000289. The van der Waals surface area contributed by atoms with Gasteiger partial charge in [-0.05, 0) is 18.1 Å². The van der Waals surface area contributed by atoms with Gasteiger partial charge in [-0.3, -0.25) is 4.79 Å². The molecular formula is C13H19ClFNO2. The molecule has 0 radical (unpaired) electrons. The first kappa shape index (κ1) is 16.9. The van der Waals surface area contributed by atoms with Crippen molar-refractivity contribution in [3.05, 3.63) is 35.6 Å². The van der Waals surface area contributed by atoms with Crippen LogP contribution in [-0.2, 0) is 11.2 Å².